The normalized spacial score (nSPS) is 11.9. The fourth-order valence-electron chi connectivity index (χ4n) is 2.09. The highest BCUT2D eigenvalue weighted by molar-refractivity contribution is 8.02. The van der Waals surface area contributed by atoms with E-state index >= 15 is 0 Å². The number of benzene rings is 1. The smallest absolute Gasteiger partial charge is 0.237 e. The summed E-state index contributed by atoms with van der Waals surface area (Å²) in [5.41, 5.74) is 0.683. The first kappa shape index (κ1) is 19.2. The van der Waals surface area contributed by atoms with Gasteiger partial charge in [-0.2, -0.15) is 0 Å². The predicted molar refractivity (Wildman–Crippen MR) is 112 cm³/mol. The minimum Gasteiger partial charge on any atom is -0.360 e. The number of aromatic nitrogens is 2. The minimum absolute atomic E-state index is 0.0975. The molecule has 0 saturated carbocycles. The van der Waals surface area contributed by atoms with E-state index < -0.39 is 0 Å². The number of amides is 1. The van der Waals surface area contributed by atoms with E-state index in [2.05, 4.69) is 38.3 Å². The van der Waals surface area contributed by atoms with Crippen molar-refractivity contribution in [3.8, 4) is 0 Å². The maximum atomic E-state index is 12.3. The highest BCUT2D eigenvalue weighted by atomic mass is 35.5. The minimum atomic E-state index is -0.291. The molecule has 0 radical (unpaired) electrons. The largest absolute Gasteiger partial charge is 0.360 e. The lowest BCUT2D eigenvalue weighted by Gasteiger charge is -2.10. The molecule has 5 nitrogen and oxygen atoms in total. The maximum Gasteiger partial charge on any atom is 0.237 e. The third kappa shape index (κ3) is 5.70. The number of anilines is 2. The van der Waals surface area contributed by atoms with Gasteiger partial charge in [-0.15, -0.1) is 21.5 Å². The molecule has 9 heteroatoms. The van der Waals surface area contributed by atoms with Crippen LogP contribution in [0.3, 0.4) is 0 Å². The first-order chi connectivity index (χ1) is 12.6. The van der Waals surface area contributed by atoms with E-state index in [0.717, 1.165) is 22.4 Å². The van der Waals surface area contributed by atoms with Crippen LogP contribution < -0.4 is 10.6 Å². The molecule has 2 aromatic heterocycles. The fourth-order valence-corrected chi connectivity index (χ4v) is 4.91. The van der Waals surface area contributed by atoms with Crippen LogP contribution in [0.5, 0.6) is 0 Å². The molecule has 26 heavy (non-hydrogen) atoms. The average molecular weight is 425 g/mol. The highest BCUT2D eigenvalue weighted by Crippen LogP contribution is 2.29. The van der Waals surface area contributed by atoms with Crippen LogP contribution in [0.4, 0.5) is 10.8 Å². The molecule has 2 heterocycles. The zero-order valence-corrected chi connectivity index (χ0v) is 17.1. The van der Waals surface area contributed by atoms with Crippen molar-refractivity contribution < 1.29 is 4.79 Å². The van der Waals surface area contributed by atoms with Crippen molar-refractivity contribution in [2.24, 2.45) is 0 Å². The van der Waals surface area contributed by atoms with Gasteiger partial charge in [-0.1, -0.05) is 46.8 Å². The second-order valence-electron chi connectivity index (χ2n) is 5.39. The second-order valence-corrected chi connectivity index (χ2v) is 9.42. The number of thioether (sulfide) groups is 1. The Bertz CT molecular complexity index is 853. The summed E-state index contributed by atoms with van der Waals surface area (Å²) >= 11 is 10.5. The molecule has 0 fully saturated rings. The first-order valence-electron chi connectivity index (χ1n) is 7.93. The molecule has 2 N–H and O–H groups in total. The number of carbonyl (C=O) groups is 1. The highest BCUT2D eigenvalue weighted by Gasteiger charge is 2.17. The van der Waals surface area contributed by atoms with Crippen LogP contribution in [0.2, 0.25) is 5.02 Å². The molecule has 0 bridgehead atoms. The van der Waals surface area contributed by atoms with Crippen molar-refractivity contribution in [2.45, 2.75) is 22.9 Å². The molecular formula is C17H17ClN4OS3. The third-order valence-corrected chi connectivity index (χ3v) is 6.61. The molecule has 0 aliphatic rings. The van der Waals surface area contributed by atoms with Crippen LogP contribution in [-0.4, -0.2) is 27.9 Å². The van der Waals surface area contributed by atoms with Gasteiger partial charge >= 0.3 is 0 Å². The number of thiophene rings is 1. The molecule has 0 saturated heterocycles. The number of hydrogen-bond acceptors (Lipinski definition) is 7. The summed E-state index contributed by atoms with van der Waals surface area (Å²) in [4.78, 5) is 13.6. The van der Waals surface area contributed by atoms with Gasteiger partial charge < -0.3 is 10.6 Å². The van der Waals surface area contributed by atoms with Crippen LogP contribution in [-0.2, 0) is 11.2 Å². The number of halogens is 1. The van der Waals surface area contributed by atoms with Crippen molar-refractivity contribution in [2.75, 3.05) is 17.2 Å². The lowest BCUT2D eigenvalue weighted by atomic mass is 10.3. The Labute approximate surface area is 169 Å². The van der Waals surface area contributed by atoms with Gasteiger partial charge in [0.1, 0.15) is 0 Å². The van der Waals surface area contributed by atoms with Gasteiger partial charge in [0, 0.05) is 22.1 Å². The number of nitrogens with zero attached hydrogens (tertiary/aromatic N) is 2. The molecule has 136 valence electrons. The van der Waals surface area contributed by atoms with Gasteiger partial charge in [0.25, 0.3) is 0 Å². The van der Waals surface area contributed by atoms with Crippen LogP contribution in [0.15, 0.2) is 46.1 Å². The van der Waals surface area contributed by atoms with Crippen molar-refractivity contribution >= 4 is 62.8 Å². The summed E-state index contributed by atoms with van der Waals surface area (Å²) in [7, 11) is 0. The standard InChI is InChI=1S/C17H17ClN4OS3/c1-11(15(23)20-13-5-2-4-12(18)10-13)25-17-22-21-16(26-17)19-8-7-14-6-3-9-24-14/h2-6,9-11H,7-8H2,1H3,(H,19,21)(H,20,23). The Balaban J connectivity index is 1.47. The van der Waals surface area contributed by atoms with E-state index in [0.29, 0.717) is 10.7 Å². The molecule has 0 aliphatic heterocycles. The maximum absolute atomic E-state index is 12.3. The van der Waals surface area contributed by atoms with Crippen LogP contribution in [0.25, 0.3) is 0 Å². The molecule has 0 spiro atoms. The molecule has 1 unspecified atom stereocenters. The van der Waals surface area contributed by atoms with Crippen molar-refractivity contribution in [1.29, 1.82) is 0 Å². The lowest BCUT2D eigenvalue weighted by Crippen LogP contribution is -2.22. The van der Waals surface area contributed by atoms with Crippen LogP contribution >= 0.6 is 46.0 Å². The predicted octanol–water partition coefficient (Wildman–Crippen LogP) is 5.03. The van der Waals surface area contributed by atoms with E-state index in [9.17, 15) is 4.79 Å². The van der Waals surface area contributed by atoms with E-state index in [-0.39, 0.29) is 11.2 Å². The van der Waals surface area contributed by atoms with E-state index in [1.54, 1.807) is 29.5 Å². The number of carbonyl (C=O) groups excluding carboxylic acids is 1. The molecule has 3 aromatic rings. The molecular weight excluding hydrogens is 408 g/mol. The van der Waals surface area contributed by atoms with Gasteiger partial charge in [0.05, 0.1) is 5.25 Å². The summed E-state index contributed by atoms with van der Waals surface area (Å²) in [6.45, 7) is 2.65. The Kier molecular flexibility index (Phi) is 6.90. The van der Waals surface area contributed by atoms with Crippen molar-refractivity contribution in [1.82, 2.24) is 10.2 Å². The topological polar surface area (TPSA) is 66.9 Å². The van der Waals surface area contributed by atoms with Crippen molar-refractivity contribution in [3.05, 3.63) is 51.7 Å². The SMILES string of the molecule is CC(Sc1nnc(NCCc2cccs2)s1)C(=O)Nc1cccc(Cl)c1. The Morgan fingerprint density at radius 2 is 2.19 bits per heavy atom. The molecule has 0 aliphatic carbocycles. The summed E-state index contributed by atoms with van der Waals surface area (Å²) in [5, 5.41) is 17.6. The Hall–Kier alpha value is -1.61. The van der Waals surface area contributed by atoms with Gasteiger partial charge in [-0.3, -0.25) is 4.79 Å². The van der Waals surface area contributed by atoms with Gasteiger partial charge in [0.15, 0.2) is 4.34 Å². The Morgan fingerprint density at radius 3 is 2.96 bits per heavy atom. The summed E-state index contributed by atoms with van der Waals surface area (Å²) in [5.74, 6) is -0.0975. The lowest BCUT2D eigenvalue weighted by molar-refractivity contribution is -0.115. The number of rotatable bonds is 8. The van der Waals surface area contributed by atoms with E-state index in [1.807, 2.05) is 13.0 Å². The molecule has 1 amide bonds. The second kappa shape index (κ2) is 9.36. The van der Waals surface area contributed by atoms with Gasteiger partial charge in [-0.25, -0.2) is 0 Å². The summed E-state index contributed by atoms with van der Waals surface area (Å²) in [6, 6.07) is 11.3. The molecule has 1 atom stereocenters. The zero-order chi connectivity index (χ0) is 18.4. The van der Waals surface area contributed by atoms with E-state index in [1.165, 1.54) is 28.0 Å². The van der Waals surface area contributed by atoms with Crippen molar-refractivity contribution in [3.63, 3.8) is 0 Å². The van der Waals surface area contributed by atoms with E-state index in [4.69, 9.17) is 11.6 Å². The first-order valence-corrected chi connectivity index (χ1v) is 10.9. The van der Waals surface area contributed by atoms with Gasteiger partial charge in [0.2, 0.25) is 11.0 Å². The zero-order valence-electron chi connectivity index (χ0n) is 13.9. The third-order valence-electron chi connectivity index (χ3n) is 3.37. The average Bonchev–Trinajstić information content (AvgIpc) is 3.27. The molecule has 1 aromatic carbocycles. The summed E-state index contributed by atoms with van der Waals surface area (Å²) < 4.78 is 0.761. The van der Waals surface area contributed by atoms with Crippen LogP contribution in [0.1, 0.15) is 11.8 Å². The number of nitrogens with one attached hydrogen (secondary N) is 2. The van der Waals surface area contributed by atoms with Crippen LogP contribution in [0, 0.1) is 0 Å². The quantitative estimate of drug-likeness (QED) is 0.496. The number of hydrogen-bond donors (Lipinski definition) is 2. The summed E-state index contributed by atoms with van der Waals surface area (Å²) in [6.07, 6.45) is 0.957. The monoisotopic (exact) mass is 424 g/mol. The fraction of sp³-hybridized carbons (Fsp3) is 0.235. The van der Waals surface area contributed by atoms with Gasteiger partial charge in [-0.05, 0) is 43.0 Å². The Morgan fingerprint density at radius 1 is 1.31 bits per heavy atom. The molecule has 3 rings (SSSR count).